The summed E-state index contributed by atoms with van der Waals surface area (Å²) in [5, 5.41) is 8.73. The van der Waals surface area contributed by atoms with Gasteiger partial charge in [-0.05, 0) is 5.56 Å². The molecule has 0 heterocycles. The standard InChI is InChI=1S/C8H7F3O.C8H5F3O/c2*9-8(10,11)7(12)6-4-2-1-3-5-6/h1-5,7,12H;1-5H/t7-;/m1./s1. The molecule has 8 heteroatoms. The molecular weight excluding hydrogens is 338 g/mol. The molecule has 0 unspecified atom stereocenters. The van der Waals surface area contributed by atoms with Crippen LogP contribution in [0.2, 0.25) is 0 Å². The van der Waals surface area contributed by atoms with Crippen LogP contribution in [0.5, 0.6) is 0 Å². The van der Waals surface area contributed by atoms with Crippen LogP contribution in [0.3, 0.4) is 0 Å². The fraction of sp³-hybridized carbons (Fsp3) is 0.188. The first-order valence-corrected chi connectivity index (χ1v) is 6.49. The quantitative estimate of drug-likeness (QED) is 0.629. The van der Waals surface area contributed by atoms with E-state index in [1.807, 2.05) is 0 Å². The summed E-state index contributed by atoms with van der Waals surface area (Å²) in [5.41, 5.74) is -0.463. The molecule has 0 aromatic heterocycles. The van der Waals surface area contributed by atoms with Crippen LogP contribution >= 0.6 is 0 Å². The van der Waals surface area contributed by atoms with Crippen molar-refractivity contribution in [3.8, 4) is 0 Å². The summed E-state index contributed by atoms with van der Waals surface area (Å²) < 4.78 is 71.0. The largest absolute Gasteiger partial charge is 0.454 e. The molecule has 2 rings (SSSR count). The molecule has 0 saturated carbocycles. The van der Waals surface area contributed by atoms with Crippen molar-refractivity contribution in [2.24, 2.45) is 0 Å². The molecule has 0 saturated heterocycles. The van der Waals surface area contributed by atoms with Gasteiger partial charge < -0.3 is 5.11 Å². The summed E-state index contributed by atoms with van der Waals surface area (Å²) in [7, 11) is 0. The van der Waals surface area contributed by atoms with Crippen LogP contribution in [0.25, 0.3) is 0 Å². The number of rotatable bonds is 2. The summed E-state index contributed by atoms with van der Waals surface area (Å²) in [4.78, 5) is 10.5. The molecule has 0 aliphatic rings. The number of Topliss-reactive ketones (excluding diaryl/α,β-unsaturated/α-hetero) is 1. The second-order valence-corrected chi connectivity index (χ2v) is 4.55. The van der Waals surface area contributed by atoms with Gasteiger partial charge in [0.2, 0.25) is 0 Å². The van der Waals surface area contributed by atoms with Crippen molar-refractivity contribution in [1.29, 1.82) is 0 Å². The van der Waals surface area contributed by atoms with Gasteiger partial charge in [-0.2, -0.15) is 26.3 Å². The number of ketones is 1. The Bertz CT molecular complexity index is 635. The molecule has 0 amide bonds. The fourth-order valence-electron chi connectivity index (χ4n) is 1.58. The SMILES string of the molecule is O=C(c1ccccc1)C(F)(F)F.O[C@H](c1ccccc1)C(F)(F)F. The van der Waals surface area contributed by atoms with Crippen molar-refractivity contribution < 1.29 is 36.2 Å². The van der Waals surface area contributed by atoms with Crippen LogP contribution in [0, 0.1) is 0 Å². The number of hydrogen-bond donors (Lipinski definition) is 1. The second-order valence-electron chi connectivity index (χ2n) is 4.55. The molecule has 0 radical (unpaired) electrons. The van der Waals surface area contributed by atoms with E-state index in [-0.39, 0.29) is 11.1 Å². The molecule has 2 nitrogen and oxygen atoms in total. The predicted molar refractivity (Wildman–Crippen MR) is 74.3 cm³/mol. The Hall–Kier alpha value is -2.35. The zero-order chi connectivity index (χ0) is 18.4. The minimum atomic E-state index is -4.78. The van der Waals surface area contributed by atoms with E-state index in [1.165, 1.54) is 36.4 Å². The third-order valence-electron chi connectivity index (χ3n) is 2.72. The molecule has 0 aliphatic heterocycles. The van der Waals surface area contributed by atoms with Crippen LogP contribution in [0.15, 0.2) is 60.7 Å². The smallest absolute Gasteiger partial charge is 0.379 e. The molecule has 2 aromatic carbocycles. The van der Waals surface area contributed by atoms with Crippen LogP contribution in [0.4, 0.5) is 26.3 Å². The van der Waals surface area contributed by atoms with E-state index in [4.69, 9.17) is 5.11 Å². The van der Waals surface area contributed by atoms with Gasteiger partial charge in [-0.25, -0.2) is 0 Å². The lowest BCUT2D eigenvalue weighted by Crippen LogP contribution is -2.22. The van der Waals surface area contributed by atoms with E-state index in [9.17, 15) is 31.1 Å². The van der Waals surface area contributed by atoms with Gasteiger partial charge in [-0.3, -0.25) is 4.79 Å². The highest BCUT2D eigenvalue weighted by Gasteiger charge is 2.39. The van der Waals surface area contributed by atoms with E-state index in [0.29, 0.717) is 0 Å². The van der Waals surface area contributed by atoms with Crippen molar-refractivity contribution in [1.82, 2.24) is 0 Å². The van der Waals surface area contributed by atoms with E-state index >= 15 is 0 Å². The first-order chi connectivity index (χ1) is 11.0. The molecule has 0 spiro atoms. The van der Waals surface area contributed by atoms with E-state index < -0.39 is 24.2 Å². The first-order valence-electron chi connectivity index (χ1n) is 6.49. The Kier molecular flexibility index (Phi) is 6.53. The maximum Gasteiger partial charge on any atom is 0.454 e. The van der Waals surface area contributed by atoms with Gasteiger partial charge in [-0.1, -0.05) is 60.7 Å². The Labute approximate surface area is 133 Å². The molecule has 1 N–H and O–H groups in total. The van der Waals surface area contributed by atoms with Crippen molar-refractivity contribution >= 4 is 5.78 Å². The Balaban J connectivity index is 0.000000240. The van der Waals surface area contributed by atoms with E-state index in [2.05, 4.69) is 0 Å². The van der Waals surface area contributed by atoms with Gasteiger partial charge in [0, 0.05) is 5.56 Å². The summed E-state index contributed by atoms with van der Waals surface area (Å²) in [6, 6.07) is 13.5. The molecule has 0 fully saturated rings. The minimum Gasteiger partial charge on any atom is -0.379 e. The van der Waals surface area contributed by atoms with Crippen molar-refractivity contribution in [2.45, 2.75) is 18.5 Å². The lowest BCUT2D eigenvalue weighted by Gasteiger charge is -2.13. The zero-order valence-electron chi connectivity index (χ0n) is 12.0. The fourth-order valence-corrected chi connectivity index (χ4v) is 1.58. The second kappa shape index (κ2) is 7.96. The average Bonchev–Trinajstić information content (AvgIpc) is 2.54. The van der Waals surface area contributed by atoms with Gasteiger partial charge in [0.15, 0.2) is 6.10 Å². The monoisotopic (exact) mass is 350 g/mol. The van der Waals surface area contributed by atoms with Gasteiger partial charge in [-0.15, -0.1) is 0 Å². The lowest BCUT2D eigenvalue weighted by atomic mass is 10.1. The van der Waals surface area contributed by atoms with Crippen molar-refractivity contribution in [2.75, 3.05) is 0 Å². The van der Waals surface area contributed by atoms with Crippen molar-refractivity contribution in [3.63, 3.8) is 0 Å². The van der Waals surface area contributed by atoms with Crippen LogP contribution < -0.4 is 0 Å². The first kappa shape index (κ1) is 19.7. The van der Waals surface area contributed by atoms with Gasteiger partial charge in [0.05, 0.1) is 0 Å². The van der Waals surface area contributed by atoms with Crippen LogP contribution in [-0.2, 0) is 0 Å². The molecule has 2 aromatic rings. The third-order valence-corrected chi connectivity index (χ3v) is 2.72. The maximum absolute atomic E-state index is 11.9. The highest BCUT2D eigenvalue weighted by atomic mass is 19.4. The molecule has 130 valence electrons. The Morgan fingerprint density at radius 3 is 1.58 bits per heavy atom. The number of halogens is 6. The van der Waals surface area contributed by atoms with Crippen LogP contribution in [-0.4, -0.2) is 23.2 Å². The zero-order valence-corrected chi connectivity index (χ0v) is 12.0. The Morgan fingerprint density at radius 1 is 0.792 bits per heavy atom. The molecular formula is C16H12F6O2. The average molecular weight is 350 g/mol. The maximum atomic E-state index is 11.9. The molecule has 0 aliphatic carbocycles. The minimum absolute atomic E-state index is 0.134. The third kappa shape index (κ3) is 6.04. The van der Waals surface area contributed by atoms with Crippen molar-refractivity contribution in [3.05, 3.63) is 71.8 Å². The Morgan fingerprint density at radius 2 is 1.21 bits per heavy atom. The number of carbonyl (C=O) groups is 1. The molecule has 0 bridgehead atoms. The summed E-state index contributed by atoms with van der Waals surface area (Å²) in [5.74, 6) is -1.80. The summed E-state index contributed by atoms with van der Waals surface area (Å²) in [6.07, 6.45) is -11.7. The predicted octanol–water partition coefficient (Wildman–Crippen LogP) is 4.71. The van der Waals surface area contributed by atoms with E-state index in [1.54, 1.807) is 12.1 Å². The summed E-state index contributed by atoms with van der Waals surface area (Å²) in [6.45, 7) is 0. The molecule has 1 atom stereocenters. The number of benzene rings is 2. The van der Waals surface area contributed by atoms with Gasteiger partial charge >= 0.3 is 12.4 Å². The van der Waals surface area contributed by atoms with Gasteiger partial charge in [0.25, 0.3) is 5.78 Å². The van der Waals surface area contributed by atoms with E-state index in [0.717, 1.165) is 12.1 Å². The normalized spacial score (nSPS) is 12.8. The number of aliphatic hydroxyl groups excluding tert-OH is 1. The number of carbonyl (C=O) groups excluding carboxylic acids is 1. The summed E-state index contributed by atoms with van der Waals surface area (Å²) >= 11 is 0. The topological polar surface area (TPSA) is 37.3 Å². The highest BCUT2D eigenvalue weighted by molar-refractivity contribution is 6.00. The lowest BCUT2D eigenvalue weighted by molar-refractivity contribution is -0.206. The van der Waals surface area contributed by atoms with Gasteiger partial charge in [0.1, 0.15) is 0 Å². The van der Waals surface area contributed by atoms with Crippen LogP contribution in [0.1, 0.15) is 22.0 Å². The number of aliphatic hydroxyl groups is 1. The number of hydrogen-bond acceptors (Lipinski definition) is 2. The number of alkyl halides is 6. The molecule has 24 heavy (non-hydrogen) atoms. The highest BCUT2D eigenvalue weighted by Crippen LogP contribution is 2.31.